The second-order valence-corrected chi connectivity index (χ2v) is 6.61. The SMILES string of the molecule is CCNC(=NCCSc1ccc(F)cc1)NC(C)(C)C.I. The van der Waals surface area contributed by atoms with Gasteiger partial charge in [-0.25, -0.2) is 4.39 Å². The van der Waals surface area contributed by atoms with Gasteiger partial charge in [0.05, 0.1) is 6.54 Å². The quantitative estimate of drug-likeness (QED) is 0.247. The Morgan fingerprint density at radius 1 is 1.24 bits per heavy atom. The molecule has 120 valence electrons. The molecule has 0 aliphatic carbocycles. The van der Waals surface area contributed by atoms with E-state index < -0.39 is 0 Å². The number of aliphatic imine (C=N–C) groups is 1. The lowest BCUT2D eigenvalue weighted by Crippen LogP contribution is -2.47. The Bertz CT molecular complexity index is 430. The van der Waals surface area contributed by atoms with Crippen LogP contribution in [0.4, 0.5) is 4.39 Å². The Labute approximate surface area is 148 Å². The average molecular weight is 425 g/mol. The number of benzene rings is 1. The first-order valence-corrected chi connectivity index (χ1v) is 7.84. The van der Waals surface area contributed by atoms with Crippen LogP contribution in [0.25, 0.3) is 0 Å². The van der Waals surface area contributed by atoms with Crippen molar-refractivity contribution in [3.63, 3.8) is 0 Å². The number of hydrogen-bond donors (Lipinski definition) is 2. The summed E-state index contributed by atoms with van der Waals surface area (Å²) < 4.78 is 12.8. The number of guanidine groups is 1. The Kier molecular flexibility index (Phi) is 10.0. The number of hydrogen-bond acceptors (Lipinski definition) is 2. The Morgan fingerprint density at radius 3 is 2.38 bits per heavy atom. The highest BCUT2D eigenvalue weighted by molar-refractivity contribution is 14.0. The third-order valence-electron chi connectivity index (χ3n) is 2.28. The van der Waals surface area contributed by atoms with Gasteiger partial charge in [0.25, 0.3) is 0 Å². The van der Waals surface area contributed by atoms with E-state index in [1.165, 1.54) is 12.1 Å². The molecule has 1 rings (SSSR count). The molecule has 21 heavy (non-hydrogen) atoms. The van der Waals surface area contributed by atoms with Gasteiger partial charge in [-0.2, -0.15) is 0 Å². The first-order chi connectivity index (χ1) is 9.40. The summed E-state index contributed by atoms with van der Waals surface area (Å²) in [4.78, 5) is 5.60. The molecule has 0 saturated carbocycles. The van der Waals surface area contributed by atoms with Gasteiger partial charge in [0, 0.05) is 22.7 Å². The van der Waals surface area contributed by atoms with E-state index in [9.17, 15) is 4.39 Å². The van der Waals surface area contributed by atoms with E-state index in [1.54, 1.807) is 23.9 Å². The molecule has 1 aromatic rings. The summed E-state index contributed by atoms with van der Waals surface area (Å²) in [6, 6.07) is 6.55. The molecule has 0 aromatic heterocycles. The number of thioether (sulfide) groups is 1. The minimum atomic E-state index is -0.198. The molecule has 0 radical (unpaired) electrons. The summed E-state index contributed by atoms with van der Waals surface area (Å²) in [5.74, 6) is 1.50. The molecule has 0 bridgehead atoms. The number of nitrogens with zero attached hydrogens (tertiary/aromatic N) is 1. The normalized spacial score (nSPS) is 11.8. The fourth-order valence-corrected chi connectivity index (χ4v) is 2.26. The van der Waals surface area contributed by atoms with E-state index in [4.69, 9.17) is 0 Å². The number of nitrogens with one attached hydrogen (secondary N) is 2. The van der Waals surface area contributed by atoms with Crippen molar-refractivity contribution in [3.8, 4) is 0 Å². The highest BCUT2D eigenvalue weighted by Gasteiger charge is 2.11. The monoisotopic (exact) mass is 425 g/mol. The molecular formula is C15H25FIN3S. The lowest BCUT2D eigenvalue weighted by atomic mass is 10.1. The smallest absolute Gasteiger partial charge is 0.191 e. The molecule has 0 amide bonds. The average Bonchev–Trinajstić information content (AvgIpc) is 2.35. The first-order valence-electron chi connectivity index (χ1n) is 6.85. The lowest BCUT2D eigenvalue weighted by molar-refractivity contribution is 0.502. The van der Waals surface area contributed by atoms with Gasteiger partial charge in [-0.1, -0.05) is 0 Å². The van der Waals surface area contributed by atoms with Crippen LogP contribution in [0.3, 0.4) is 0 Å². The third kappa shape index (κ3) is 9.95. The van der Waals surface area contributed by atoms with Crippen molar-refractivity contribution in [2.75, 3.05) is 18.8 Å². The van der Waals surface area contributed by atoms with Crippen LogP contribution in [0.1, 0.15) is 27.7 Å². The van der Waals surface area contributed by atoms with Crippen LogP contribution in [0.2, 0.25) is 0 Å². The summed E-state index contributed by atoms with van der Waals surface area (Å²) in [6.45, 7) is 9.92. The molecular weight excluding hydrogens is 400 g/mol. The largest absolute Gasteiger partial charge is 0.357 e. The molecule has 0 spiro atoms. The molecule has 0 aliphatic rings. The van der Waals surface area contributed by atoms with Crippen molar-refractivity contribution in [2.24, 2.45) is 4.99 Å². The molecule has 6 heteroatoms. The van der Waals surface area contributed by atoms with E-state index in [-0.39, 0.29) is 35.3 Å². The summed E-state index contributed by atoms with van der Waals surface area (Å²) in [7, 11) is 0. The summed E-state index contributed by atoms with van der Waals surface area (Å²) in [5, 5.41) is 6.57. The molecule has 0 heterocycles. The van der Waals surface area contributed by atoms with Crippen LogP contribution in [0.15, 0.2) is 34.2 Å². The summed E-state index contributed by atoms with van der Waals surface area (Å²) in [5.41, 5.74) is -0.00883. The van der Waals surface area contributed by atoms with Gasteiger partial charge in [-0.05, 0) is 52.0 Å². The molecule has 0 aliphatic heterocycles. The van der Waals surface area contributed by atoms with Crippen LogP contribution in [-0.4, -0.2) is 30.3 Å². The Hall–Kier alpha value is -0.500. The highest BCUT2D eigenvalue weighted by Crippen LogP contribution is 2.17. The molecule has 2 N–H and O–H groups in total. The van der Waals surface area contributed by atoms with Crippen molar-refractivity contribution < 1.29 is 4.39 Å². The van der Waals surface area contributed by atoms with Gasteiger partial charge in [-0.3, -0.25) is 4.99 Å². The predicted octanol–water partition coefficient (Wildman–Crippen LogP) is 3.89. The van der Waals surface area contributed by atoms with Gasteiger partial charge in [0.1, 0.15) is 5.82 Å². The maximum absolute atomic E-state index is 12.8. The van der Waals surface area contributed by atoms with E-state index in [0.29, 0.717) is 6.54 Å². The summed E-state index contributed by atoms with van der Waals surface area (Å²) >= 11 is 1.68. The molecule has 0 fully saturated rings. The predicted molar refractivity (Wildman–Crippen MR) is 101 cm³/mol. The van der Waals surface area contributed by atoms with Crippen LogP contribution < -0.4 is 10.6 Å². The first kappa shape index (κ1) is 20.5. The van der Waals surface area contributed by atoms with Crippen molar-refractivity contribution >= 4 is 41.7 Å². The Morgan fingerprint density at radius 2 is 1.86 bits per heavy atom. The minimum absolute atomic E-state index is 0. The molecule has 0 atom stereocenters. The van der Waals surface area contributed by atoms with Crippen molar-refractivity contribution in [1.82, 2.24) is 10.6 Å². The van der Waals surface area contributed by atoms with Crippen molar-refractivity contribution in [2.45, 2.75) is 38.1 Å². The van der Waals surface area contributed by atoms with Gasteiger partial charge in [0.15, 0.2) is 5.96 Å². The molecule has 1 aromatic carbocycles. The standard InChI is InChI=1S/C15H24FN3S.HI/c1-5-17-14(19-15(2,3)4)18-10-11-20-13-8-6-12(16)7-9-13;/h6-9H,5,10-11H2,1-4H3,(H2,17,18,19);1H. The fourth-order valence-electron chi connectivity index (χ4n) is 1.51. The number of rotatable bonds is 5. The van der Waals surface area contributed by atoms with Crippen LogP contribution in [-0.2, 0) is 0 Å². The van der Waals surface area contributed by atoms with E-state index in [1.807, 2.05) is 6.92 Å². The second kappa shape index (κ2) is 10.3. The zero-order chi connectivity index (χ0) is 15.0. The summed E-state index contributed by atoms with van der Waals surface area (Å²) in [6.07, 6.45) is 0. The van der Waals surface area contributed by atoms with Gasteiger partial charge in [-0.15, -0.1) is 35.7 Å². The van der Waals surface area contributed by atoms with Crippen molar-refractivity contribution in [1.29, 1.82) is 0 Å². The topological polar surface area (TPSA) is 36.4 Å². The molecule has 3 nitrogen and oxygen atoms in total. The van der Waals surface area contributed by atoms with E-state index in [0.717, 1.165) is 23.2 Å². The molecule has 0 unspecified atom stereocenters. The fraction of sp³-hybridized carbons (Fsp3) is 0.533. The van der Waals surface area contributed by atoms with Crippen LogP contribution in [0, 0.1) is 5.82 Å². The van der Waals surface area contributed by atoms with Crippen LogP contribution >= 0.6 is 35.7 Å². The Balaban J connectivity index is 0.00000400. The maximum atomic E-state index is 12.8. The second-order valence-electron chi connectivity index (χ2n) is 5.44. The maximum Gasteiger partial charge on any atom is 0.191 e. The van der Waals surface area contributed by atoms with Gasteiger partial charge < -0.3 is 10.6 Å². The van der Waals surface area contributed by atoms with E-state index >= 15 is 0 Å². The van der Waals surface area contributed by atoms with Crippen molar-refractivity contribution in [3.05, 3.63) is 30.1 Å². The third-order valence-corrected chi connectivity index (χ3v) is 3.27. The zero-order valence-electron chi connectivity index (χ0n) is 13.1. The molecule has 0 saturated heterocycles. The van der Waals surface area contributed by atoms with Gasteiger partial charge >= 0.3 is 0 Å². The zero-order valence-corrected chi connectivity index (χ0v) is 16.2. The minimum Gasteiger partial charge on any atom is -0.357 e. The highest BCUT2D eigenvalue weighted by atomic mass is 127. The number of halogens is 2. The lowest BCUT2D eigenvalue weighted by Gasteiger charge is -2.23. The van der Waals surface area contributed by atoms with Crippen LogP contribution in [0.5, 0.6) is 0 Å². The van der Waals surface area contributed by atoms with E-state index in [2.05, 4.69) is 36.4 Å². The van der Waals surface area contributed by atoms with Gasteiger partial charge in [0.2, 0.25) is 0 Å².